The van der Waals surface area contributed by atoms with Crippen LogP contribution >= 0.6 is 0 Å². The Balaban J connectivity index is 1.27. The van der Waals surface area contributed by atoms with Crippen LogP contribution in [-0.4, -0.2) is 36.2 Å². The third-order valence-corrected chi connectivity index (χ3v) is 6.46. The van der Waals surface area contributed by atoms with Gasteiger partial charge in [0.1, 0.15) is 6.10 Å². The Hall–Kier alpha value is -2.33. The van der Waals surface area contributed by atoms with Crippen LogP contribution in [0.15, 0.2) is 54.6 Å². The molecule has 2 heterocycles. The maximum absolute atomic E-state index is 12.5. The minimum Gasteiger partial charge on any atom is -0.446 e. The fourth-order valence-electron chi connectivity index (χ4n) is 5.14. The Morgan fingerprint density at radius 3 is 2.35 bits per heavy atom. The average molecular weight is 348 g/mol. The van der Waals surface area contributed by atoms with E-state index < -0.39 is 0 Å². The van der Waals surface area contributed by atoms with Crippen molar-refractivity contribution in [2.24, 2.45) is 11.8 Å². The molecule has 2 aliphatic heterocycles. The largest absolute Gasteiger partial charge is 0.446 e. The van der Waals surface area contributed by atoms with Crippen molar-refractivity contribution in [2.75, 3.05) is 12.4 Å². The number of carbonyl (C=O) groups is 1. The van der Waals surface area contributed by atoms with Crippen LogP contribution in [0.3, 0.4) is 0 Å². The maximum atomic E-state index is 12.5. The van der Waals surface area contributed by atoms with E-state index in [4.69, 9.17) is 4.74 Å². The van der Waals surface area contributed by atoms with Crippen LogP contribution in [0.5, 0.6) is 0 Å². The molecule has 3 fully saturated rings. The molecule has 2 aromatic rings. The summed E-state index contributed by atoms with van der Waals surface area (Å²) in [4.78, 5) is 15.0. The van der Waals surface area contributed by atoms with Gasteiger partial charge in [0.2, 0.25) is 0 Å². The van der Waals surface area contributed by atoms with Gasteiger partial charge < -0.3 is 4.74 Å². The van der Waals surface area contributed by atoms with Crippen molar-refractivity contribution < 1.29 is 9.53 Å². The zero-order chi connectivity index (χ0) is 17.7. The van der Waals surface area contributed by atoms with E-state index in [2.05, 4.69) is 17.3 Å². The number of anilines is 1. The van der Waals surface area contributed by atoms with Crippen LogP contribution in [0, 0.1) is 11.8 Å². The van der Waals surface area contributed by atoms with Gasteiger partial charge in [0.25, 0.3) is 0 Å². The SMILES string of the molecule is CN1C2CC(OC(=O)Nc3ccccc3-c3ccccc3)CC1C1CC12. The first-order valence-corrected chi connectivity index (χ1v) is 9.55. The number of hydrogen-bond donors (Lipinski definition) is 1. The van der Waals surface area contributed by atoms with Crippen LogP contribution in [0.1, 0.15) is 19.3 Å². The summed E-state index contributed by atoms with van der Waals surface area (Å²) in [6, 6.07) is 19.2. The molecule has 0 aromatic heterocycles. The summed E-state index contributed by atoms with van der Waals surface area (Å²) >= 11 is 0. The second kappa shape index (κ2) is 6.13. The quantitative estimate of drug-likeness (QED) is 0.895. The van der Waals surface area contributed by atoms with Crippen LogP contribution < -0.4 is 5.32 Å². The highest BCUT2D eigenvalue weighted by Crippen LogP contribution is 2.58. The highest BCUT2D eigenvalue weighted by molar-refractivity contribution is 5.91. The van der Waals surface area contributed by atoms with Gasteiger partial charge in [-0.15, -0.1) is 0 Å². The van der Waals surface area contributed by atoms with Crippen molar-refractivity contribution in [3.63, 3.8) is 0 Å². The molecule has 4 heteroatoms. The topological polar surface area (TPSA) is 41.6 Å². The number of carbonyl (C=O) groups excluding carboxylic acids is 1. The molecule has 0 spiro atoms. The molecule has 134 valence electrons. The molecule has 2 saturated heterocycles. The van der Waals surface area contributed by atoms with Crippen molar-refractivity contribution >= 4 is 11.8 Å². The number of fused-ring (bicyclic) bond motifs is 5. The number of ether oxygens (including phenoxy) is 1. The average Bonchev–Trinajstić information content (AvgIpc) is 3.41. The molecule has 26 heavy (non-hydrogen) atoms. The van der Waals surface area contributed by atoms with E-state index in [1.54, 1.807) is 0 Å². The summed E-state index contributed by atoms with van der Waals surface area (Å²) < 4.78 is 5.81. The summed E-state index contributed by atoms with van der Waals surface area (Å²) in [6.07, 6.45) is 3.03. The number of benzene rings is 2. The molecule has 2 bridgehead atoms. The van der Waals surface area contributed by atoms with E-state index in [9.17, 15) is 4.79 Å². The Morgan fingerprint density at radius 2 is 1.62 bits per heavy atom. The van der Waals surface area contributed by atoms with Crippen LogP contribution in [0.2, 0.25) is 0 Å². The lowest BCUT2D eigenvalue weighted by molar-refractivity contribution is 0.0208. The maximum Gasteiger partial charge on any atom is 0.411 e. The van der Waals surface area contributed by atoms with Crippen molar-refractivity contribution in [2.45, 2.75) is 37.5 Å². The van der Waals surface area contributed by atoms with E-state index in [1.165, 1.54) is 6.42 Å². The van der Waals surface area contributed by atoms with Crippen molar-refractivity contribution in [3.05, 3.63) is 54.6 Å². The summed E-state index contributed by atoms with van der Waals surface area (Å²) in [5, 5.41) is 2.97. The van der Waals surface area contributed by atoms with Crippen LogP contribution in [-0.2, 0) is 4.74 Å². The monoisotopic (exact) mass is 348 g/mol. The number of nitrogens with zero attached hydrogens (tertiary/aromatic N) is 1. The summed E-state index contributed by atoms with van der Waals surface area (Å²) in [5.41, 5.74) is 2.89. The molecule has 1 amide bonds. The van der Waals surface area contributed by atoms with Crippen LogP contribution in [0.4, 0.5) is 10.5 Å². The van der Waals surface area contributed by atoms with Gasteiger partial charge >= 0.3 is 6.09 Å². The third-order valence-electron chi connectivity index (χ3n) is 6.46. The molecule has 4 atom stereocenters. The van der Waals surface area contributed by atoms with Gasteiger partial charge in [0.15, 0.2) is 0 Å². The number of nitrogens with one attached hydrogen (secondary N) is 1. The van der Waals surface area contributed by atoms with Gasteiger partial charge in [-0.25, -0.2) is 4.79 Å². The second-order valence-corrected chi connectivity index (χ2v) is 7.90. The number of amides is 1. The lowest BCUT2D eigenvalue weighted by Crippen LogP contribution is -2.46. The normalized spacial score (nSPS) is 32.0. The number of para-hydroxylation sites is 1. The van der Waals surface area contributed by atoms with E-state index in [1.807, 2.05) is 54.6 Å². The Bertz CT molecular complexity index is 804. The Labute approximate surface area is 154 Å². The minimum absolute atomic E-state index is 0.0397. The first kappa shape index (κ1) is 15.9. The van der Waals surface area contributed by atoms with Crippen molar-refractivity contribution in [1.82, 2.24) is 4.90 Å². The molecular formula is C22H24N2O2. The third kappa shape index (κ3) is 2.69. The summed E-state index contributed by atoms with van der Waals surface area (Å²) in [6.45, 7) is 0. The van der Waals surface area contributed by atoms with E-state index in [0.29, 0.717) is 12.1 Å². The highest BCUT2D eigenvalue weighted by Gasteiger charge is 2.60. The molecule has 4 nitrogen and oxygen atoms in total. The first-order valence-electron chi connectivity index (χ1n) is 9.55. The summed E-state index contributed by atoms with van der Waals surface area (Å²) in [5.74, 6) is 1.70. The Morgan fingerprint density at radius 1 is 0.962 bits per heavy atom. The van der Waals surface area contributed by atoms with Gasteiger partial charge in [-0.3, -0.25) is 10.2 Å². The smallest absolute Gasteiger partial charge is 0.411 e. The molecule has 3 aliphatic rings. The zero-order valence-corrected chi connectivity index (χ0v) is 15.0. The van der Waals surface area contributed by atoms with Gasteiger partial charge in [0, 0.05) is 30.5 Å². The predicted molar refractivity (Wildman–Crippen MR) is 102 cm³/mol. The van der Waals surface area contributed by atoms with Crippen LogP contribution in [0.25, 0.3) is 11.1 Å². The fourth-order valence-corrected chi connectivity index (χ4v) is 5.14. The second-order valence-electron chi connectivity index (χ2n) is 7.90. The molecule has 4 unspecified atom stereocenters. The Kier molecular flexibility index (Phi) is 3.75. The standard InChI is InChI=1S/C22H24N2O2/c1-24-20-11-15(12-21(24)18-13-17(18)20)26-22(25)23-19-10-6-5-9-16(19)14-7-3-2-4-8-14/h2-10,15,17-18,20-21H,11-13H2,1H3,(H,23,25). The molecular weight excluding hydrogens is 324 g/mol. The van der Waals surface area contributed by atoms with Crippen molar-refractivity contribution in [3.8, 4) is 11.1 Å². The molecule has 1 aliphatic carbocycles. The molecule has 1 saturated carbocycles. The first-order chi connectivity index (χ1) is 12.7. The van der Waals surface area contributed by atoms with Gasteiger partial charge in [-0.05, 0) is 36.9 Å². The molecule has 5 rings (SSSR count). The molecule has 0 radical (unpaired) electrons. The fraction of sp³-hybridized carbons (Fsp3) is 0.409. The minimum atomic E-state index is -0.337. The van der Waals surface area contributed by atoms with Gasteiger partial charge in [-0.1, -0.05) is 48.5 Å². The van der Waals surface area contributed by atoms with E-state index >= 15 is 0 Å². The zero-order valence-electron chi connectivity index (χ0n) is 15.0. The van der Waals surface area contributed by atoms with E-state index in [0.717, 1.165) is 41.5 Å². The predicted octanol–water partition coefficient (Wildman–Crippen LogP) is 4.38. The lowest BCUT2D eigenvalue weighted by atomic mass is 9.96. The number of piperidine rings is 2. The van der Waals surface area contributed by atoms with E-state index in [-0.39, 0.29) is 12.2 Å². The van der Waals surface area contributed by atoms with Crippen molar-refractivity contribution in [1.29, 1.82) is 0 Å². The van der Waals surface area contributed by atoms with Gasteiger partial charge in [-0.2, -0.15) is 0 Å². The summed E-state index contributed by atoms with van der Waals surface area (Å²) in [7, 11) is 2.23. The molecule has 1 N–H and O–H groups in total. The number of hydrogen-bond acceptors (Lipinski definition) is 3. The van der Waals surface area contributed by atoms with Gasteiger partial charge in [0.05, 0.1) is 5.69 Å². The number of rotatable bonds is 3. The highest BCUT2D eigenvalue weighted by atomic mass is 16.6. The molecule has 2 aromatic carbocycles. The lowest BCUT2D eigenvalue weighted by Gasteiger charge is -2.38.